The first-order valence-corrected chi connectivity index (χ1v) is 6.37. The molecule has 0 fully saturated rings. The van der Waals surface area contributed by atoms with Gasteiger partial charge in [-0.3, -0.25) is 10.1 Å². The molecule has 0 aromatic carbocycles. The van der Waals surface area contributed by atoms with Crippen molar-refractivity contribution in [3.8, 4) is 0 Å². The van der Waals surface area contributed by atoms with Crippen LogP contribution in [0.4, 0.5) is 10.1 Å². The summed E-state index contributed by atoms with van der Waals surface area (Å²) in [6, 6.07) is 2.07. The van der Waals surface area contributed by atoms with Crippen LogP contribution in [-0.2, 0) is 6.42 Å². The third kappa shape index (κ3) is 2.77. The van der Waals surface area contributed by atoms with E-state index in [4.69, 9.17) is 0 Å². The number of hydrogen-bond donors (Lipinski definition) is 1. The quantitative estimate of drug-likeness (QED) is 0.659. The first kappa shape index (κ1) is 11.0. The standard InChI is InChI=1S/C9H9N3O2S2/c13-12(14)8-5-11-9(16-8)10-3-1-7-2-4-15-6-7/h2,4-6H,1,3H2,(H,10,11). The highest BCUT2D eigenvalue weighted by Crippen LogP contribution is 2.24. The van der Waals surface area contributed by atoms with Crippen LogP contribution >= 0.6 is 22.7 Å². The van der Waals surface area contributed by atoms with E-state index in [-0.39, 0.29) is 5.00 Å². The largest absolute Gasteiger partial charge is 0.361 e. The summed E-state index contributed by atoms with van der Waals surface area (Å²) in [6.45, 7) is 0.738. The van der Waals surface area contributed by atoms with Crippen molar-refractivity contribution in [2.45, 2.75) is 6.42 Å². The summed E-state index contributed by atoms with van der Waals surface area (Å²) in [5, 5.41) is 18.3. The summed E-state index contributed by atoms with van der Waals surface area (Å²) in [5.74, 6) is 0. The Kier molecular flexibility index (Phi) is 3.47. The Morgan fingerprint density at radius 2 is 2.44 bits per heavy atom. The predicted octanol–water partition coefficient (Wildman–Crippen LogP) is 2.77. The van der Waals surface area contributed by atoms with Crippen LogP contribution in [-0.4, -0.2) is 16.5 Å². The second-order valence-electron chi connectivity index (χ2n) is 3.07. The van der Waals surface area contributed by atoms with E-state index in [9.17, 15) is 10.1 Å². The number of aromatic nitrogens is 1. The molecular formula is C9H9N3O2S2. The minimum atomic E-state index is -0.429. The van der Waals surface area contributed by atoms with Crippen LogP contribution in [0, 0.1) is 10.1 Å². The second kappa shape index (κ2) is 5.04. The first-order valence-electron chi connectivity index (χ1n) is 4.61. The molecule has 0 saturated carbocycles. The molecule has 0 bridgehead atoms. The normalized spacial score (nSPS) is 10.2. The van der Waals surface area contributed by atoms with E-state index in [2.05, 4.69) is 21.7 Å². The predicted molar refractivity (Wildman–Crippen MR) is 65.3 cm³/mol. The van der Waals surface area contributed by atoms with Crippen molar-refractivity contribution in [2.24, 2.45) is 0 Å². The Hall–Kier alpha value is -1.47. The van der Waals surface area contributed by atoms with Gasteiger partial charge in [0.2, 0.25) is 0 Å². The number of rotatable bonds is 5. The van der Waals surface area contributed by atoms with Crippen LogP contribution in [0.3, 0.4) is 0 Å². The highest BCUT2D eigenvalue weighted by molar-refractivity contribution is 7.18. The fraction of sp³-hybridized carbons (Fsp3) is 0.222. The van der Waals surface area contributed by atoms with Crippen LogP contribution in [0.25, 0.3) is 0 Å². The summed E-state index contributed by atoms with van der Waals surface area (Å²) in [5.41, 5.74) is 1.27. The summed E-state index contributed by atoms with van der Waals surface area (Å²) in [7, 11) is 0. The Balaban J connectivity index is 1.83. The van der Waals surface area contributed by atoms with E-state index in [0.29, 0.717) is 5.13 Å². The molecule has 0 aliphatic carbocycles. The monoisotopic (exact) mass is 255 g/mol. The summed E-state index contributed by atoms with van der Waals surface area (Å²) >= 11 is 2.72. The van der Waals surface area contributed by atoms with Crippen molar-refractivity contribution in [3.05, 3.63) is 38.7 Å². The summed E-state index contributed by atoms with van der Waals surface area (Å²) in [6.07, 6.45) is 2.18. The first-order chi connectivity index (χ1) is 7.75. The van der Waals surface area contributed by atoms with Gasteiger partial charge in [-0.15, -0.1) is 0 Å². The topological polar surface area (TPSA) is 68.1 Å². The maximum Gasteiger partial charge on any atom is 0.345 e. The van der Waals surface area contributed by atoms with Crippen LogP contribution in [0.1, 0.15) is 5.56 Å². The SMILES string of the molecule is O=[N+]([O-])c1cnc(NCCc2ccsc2)s1. The van der Waals surface area contributed by atoms with Crippen LogP contribution in [0.5, 0.6) is 0 Å². The van der Waals surface area contributed by atoms with Crippen LogP contribution in [0.15, 0.2) is 23.0 Å². The molecule has 0 aliphatic rings. The molecule has 0 unspecified atom stereocenters. The zero-order valence-corrected chi connectivity index (χ0v) is 9.88. The van der Waals surface area contributed by atoms with E-state index < -0.39 is 4.92 Å². The lowest BCUT2D eigenvalue weighted by Crippen LogP contribution is -2.03. The molecule has 7 heteroatoms. The molecule has 0 saturated heterocycles. The Bertz CT molecular complexity index is 467. The van der Waals surface area contributed by atoms with Gasteiger partial charge >= 0.3 is 5.00 Å². The number of nitrogens with one attached hydrogen (secondary N) is 1. The molecule has 0 amide bonds. The molecule has 2 aromatic rings. The van der Waals surface area contributed by atoms with Crippen molar-refractivity contribution >= 4 is 32.8 Å². The van der Waals surface area contributed by atoms with Gasteiger partial charge in [-0.1, -0.05) is 0 Å². The molecule has 5 nitrogen and oxygen atoms in total. The fourth-order valence-corrected chi connectivity index (χ4v) is 2.54. The van der Waals surface area contributed by atoms with Gasteiger partial charge in [0, 0.05) is 6.54 Å². The van der Waals surface area contributed by atoms with Crippen molar-refractivity contribution in [1.29, 1.82) is 0 Å². The molecule has 2 rings (SSSR count). The maximum absolute atomic E-state index is 10.4. The lowest BCUT2D eigenvalue weighted by atomic mass is 10.2. The van der Waals surface area contributed by atoms with E-state index in [1.54, 1.807) is 11.3 Å². The average molecular weight is 255 g/mol. The maximum atomic E-state index is 10.4. The molecule has 1 N–H and O–H groups in total. The number of thiazole rings is 1. The van der Waals surface area contributed by atoms with Crippen molar-refractivity contribution in [1.82, 2.24) is 4.98 Å². The highest BCUT2D eigenvalue weighted by Gasteiger charge is 2.10. The Morgan fingerprint density at radius 3 is 3.06 bits per heavy atom. The van der Waals surface area contributed by atoms with Crippen LogP contribution in [0.2, 0.25) is 0 Å². The zero-order chi connectivity index (χ0) is 11.4. The minimum Gasteiger partial charge on any atom is -0.361 e. The van der Waals surface area contributed by atoms with Crippen molar-refractivity contribution in [3.63, 3.8) is 0 Å². The van der Waals surface area contributed by atoms with E-state index >= 15 is 0 Å². The summed E-state index contributed by atoms with van der Waals surface area (Å²) < 4.78 is 0. The lowest BCUT2D eigenvalue weighted by molar-refractivity contribution is -0.380. The van der Waals surface area contributed by atoms with Gasteiger partial charge < -0.3 is 5.32 Å². The van der Waals surface area contributed by atoms with E-state index in [1.165, 1.54) is 11.8 Å². The van der Waals surface area contributed by atoms with Gasteiger partial charge in [-0.25, -0.2) is 4.98 Å². The van der Waals surface area contributed by atoms with Gasteiger partial charge in [-0.2, -0.15) is 11.3 Å². The number of nitro groups is 1. The molecular weight excluding hydrogens is 246 g/mol. The van der Waals surface area contributed by atoms with E-state index in [0.717, 1.165) is 24.3 Å². The zero-order valence-electron chi connectivity index (χ0n) is 8.25. The third-order valence-corrected chi connectivity index (χ3v) is 3.58. The lowest BCUT2D eigenvalue weighted by Gasteiger charge is -1.99. The van der Waals surface area contributed by atoms with Gasteiger partial charge in [0.25, 0.3) is 0 Å². The minimum absolute atomic E-state index is 0.0676. The smallest absolute Gasteiger partial charge is 0.345 e. The number of nitrogens with zero attached hydrogens (tertiary/aromatic N) is 2. The Labute approximate surface area is 99.9 Å². The summed E-state index contributed by atoms with van der Waals surface area (Å²) in [4.78, 5) is 13.9. The molecule has 0 atom stereocenters. The Morgan fingerprint density at radius 1 is 1.56 bits per heavy atom. The molecule has 0 radical (unpaired) electrons. The molecule has 84 valence electrons. The molecule has 0 aliphatic heterocycles. The van der Waals surface area contributed by atoms with Crippen molar-refractivity contribution < 1.29 is 4.92 Å². The van der Waals surface area contributed by atoms with Crippen LogP contribution < -0.4 is 5.32 Å². The van der Waals surface area contributed by atoms with Gasteiger partial charge in [-0.05, 0) is 40.1 Å². The number of thiophene rings is 1. The van der Waals surface area contributed by atoms with Crippen molar-refractivity contribution in [2.75, 3.05) is 11.9 Å². The van der Waals surface area contributed by atoms with Gasteiger partial charge in [0.05, 0.1) is 4.92 Å². The molecule has 2 heterocycles. The molecule has 0 spiro atoms. The molecule has 16 heavy (non-hydrogen) atoms. The van der Waals surface area contributed by atoms with E-state index in [1.807, 2.05) is 5.38 Å². The molecule has 2 aromatic heterocycles. The highest BCUT2D eigenvalue weighted by atomic mass is 32.1. The number of hydrogen-bond acceptors (Lipinski definition) is 6. The average Bonchev–Trinajstić information content (AvgIpc) is 2.87. The van der Waals surface area contributed by atoms with Gasteiger partial charge in [0.1, 0.15) is 6.20 Å². The van der Waals surface area contributed by atoms with Gasteiger partial charge in [0.15, 0.2) is 5.13 Å². The number of anilines is 1. The fourth-order valence-electron chi connectivity index (χ4n) is 1.18. The second-order valence-corrected chi connectivity index (χ2v) is 4.86. The third-order valence-electron chi connectivity index (χ3n) is 1.94.